The van der Waals surface area contributed by atoms with Crippen molar-refractivity contribution in [2.75, 3.05) is 26.8 Å². The minimum absolute atomic E-state index is 0.169. The third kappa shape index (κ3) is 2.50. The number of hydrogen-bond acceptors (Lipinski definition) is 5. The second kappa shape index (κ2) is 5.57. The first-order valence-electron chi connectivity index (χ1n) is 6.65. The second-order valence-corrected chi connectivity index (χ2v) is 4.78. The molecule has 1 fully saturated rings. The van der Waals surface area contributed by atoms with Gasteiger partial charge in [0.15, 0.2) is 6.10 Å². The average Bonchev–Trinajstić information content (AvgIpc) is 2.97. The number of hydrogen-bond donors (Lipinski definition) is 0. The van der Waals surface area contributed by atoms with Crippen LogP contribution in [0, 0.1) is 0 Å². The van der Waals surface area contributed by atoms with E-state index in [1.54, 1.807) is 4.90 Å². The number of morpholine rings is 1. The van der Waals surface area contributed by atoms with Crippen molar-refractivity contribution in [3.05, 3.63) is 36.1 Å². The molecule has 1 saturated heterocycles. The third-order valence-electron chi connectivity index (χ3n) is 3.53. The maximum Gasteiger partial charge on any atom is 0.336 e. The summed E-state index contributed by atoms with van der Waals surface area (Å²) in [5, 5.41) is 0.767. The van der Waals surface area contributed by atoms with Gasteiger partial charge in [-0.1, -0.05) is 18.2 Å². The topological polar surface area (TPSA) is 69.0 Å². The number of carbonyl (C=O) groups excluding carboxylic acids is 2. The fourth-order valence-corrected chi connectivity index (χ4v) is 2.42. The summed E-state index contributed by atoms with van der Waals surface area (Å²) in [6, 6.07) is 7.35. The highest BCUT2D eigenvalue weighted by Gasteiger charge is 2.31. The zero-order valence-corrected chi connectivity index (χ0v) is 11.6. The van der Waals surface area contributed by atoms with Crippen molar-refractivity contribution in [2.45, 2.75) is 6.10 Å². The van der Waals surface area contributed by atoms with Gasteiger partial charge in [0.25, 0.3) is 5.91 Å². The van der Waals surface area contributed by atoms with Crippen molar-refractivity contribution in [2.24, 2.45) is 0 Å². The molecule has 1 unspecified atom stereocenters. The van der Waals surface area contributed by atoms with E-state index in [0.717, 1.165) is 5.39 Å². The molecule has 0 radical (unpaired) electrons. The van der Waals surface area contributed by atoms with Gasteiger partial charge < -0.3 is 18.8 Å². The maximum absolute atomic E-state index is 12.6. The zero-order valence-electron chi connectivity index (χ0n) is 11.6. The molecule has 0 saturated carbocycles. The van der Waals surface area contributed by atoms with Gasteiger partial charge in [0.05, 0.1) is 25.8 Å². The van der Waals surface area contributed by atoms with Crippen molar-refractivity contribution in [1.29, 1.82) is 0 Å². The van der Waals surface area contributed by atoms with Crippen LogP contribution in [0.1, 0.15) is 10.4 Å². The van der Waals surface area contributed by atoms with Crippen molar-refractivity contribution in [1.82, 2.24) is 4.90 Å². The van der Waals surface area contributed by atoms with Crippen LogP contribution in [0.25, 0.3) is 11.0 Å². The molecule has 1 aliphatic heterocycles. The number of benzene rings is 1. The molecule has 1 aromatic carbocycles. The van der Waals surface area contributed by atoms with Crippen LogP contribution in [0.3, 0.4) is 0 Å². The third-order valence-corrected chi connectivity index (χ3v) is 3.53. The molecule has 0 aliphatic carbocycles. The van der Waals surface area contributed by atoms with E-state index in [-0.39, 0.29) is 12.5 Å². The van der Waals surface area contributed by atoms with Crippen LogP contribution in [-0.2, 0) is 14.3 Å². The molecule has 0 N–H and O–H groups in total. The predicted octanol–water partition coefficient (Wildman–Crippen LogP) is 1.45. The lowest BCUT2D eigenvalue weighted by atomic mass is 10.1. The molecule has 2 heterocycles. The van der Waals surface area contributed by atoms with Gasteiger partial charge in [-0.2, -0.15) is 0 Å². The molecule has 6 heteroatoms. The van der Waals surface area contributed by atoms with Crippen molar-refractivity contribution < 1.29 is 23.5 Å². The highest BCUT2D eigenvalue weighted by molar-refractivity contribution is 6.06. The van der Waals surface area contributed by atoms with Crippen molar-refractivity contribution >= 4 is 22.8 Å². The van der Waals surface area contributed by atoms with E-state index in [4.69, 9.17) is 9.15 Å². The average molecular weight is 289 g/mol. The Balaban J connectivity index is 1.83. The lowest BCUT2D eigenvalue weighted by Gasteiger charge is -2.31. The number of methoxy groups -OCH3 is 1. The number of fused-ring (bicyclic) bond motifs is 1. The highest BCUT2D eigenvalue weighted by atomic mass is 16.6. The predicted molar refractivity (Wildman–Crippen MR) is 73.9 cm³/mol. The fraction of sp³-hybridized carbons (Fsp3) is 0.333. The molecule has 3 rings (SSSR count). The van der Waals surface area contributed by atoms with Gasteiger partial charge in [0.1, 0.15) is 11.8 Å². The Morgan fingerprint density at radius 1 is 1.33 bits per heavy atom. The lowest BCUT2D eigenvalue weighted by Crippen LogP contribution is -2.48. The quantitative estimate of drug-likeness (QED) is 0.783. The number of furan rings is 1. The summed E-state index contributed by atoms with van der Waals surface area (Å²) in [5.41, 5.74) is 1.16. The summed E-state index contributed by atoms with van der Waals surface area (Å²) in [6.07, 6.45) is 0.723. The minimum atomic E-state index is -0.731. The van der Waals surface area contributed by atoms with Gasteiger partial charge in [-0.05, 0) is 6.07 Å². The van der Waals surface area contributed by atoms with Crippen LogP contribution >= 0.6 is 0 Å². The van der Waals surface area contributed by atoms with Crippen LogP contribution in [-0.4, -0.2) is 49.7 Å². The molecule has 1 aromatic heterocycles. The zero-order chi connectivity index (χ0) is 14.8. The van der Waals surface area contributed by atoms with E-state index in [0.29, 0.717) is 24.3 Å². The molecule has 2 aromatic rings. The molecular formula is C15H15NO5. The lowest BCUT2D eigenvalue weighted by molar-refractivity contribution is -0.158. The Morgan fingerprint density at radius 2 is 2.14 bits per heavy atom. The fourth-order valence-electron chi connectivity index (χ4n) is 2.42. The molecular weight excluding hydrogens is 274 g/mol. The Hall–Kier alpha value is -2.34. The Labute approximate surface area is 121 Å². The van der Waals surface area contributed by atoms with Crippen molar-refractivity contribution in [3.8, 4) is 0 Å². The molecule has 6 nitrogen and oxygen atoms in total. The Morgan fingerprint density at radius 3 is 2.95 bits per heavy atom. The summed E-state index contributed by atoms with van der Waals surface area (Å²) >= 11 is 0. The number of esters is 1. The first-order chi connectivity index (χ1) is 10.2. The minimum Gasteiger partial charge on any atom is -0.467 e. The van der Waals surface area contributed by atoms with E-state index in [1.807, 2.05) is 24.3 Å². The van der Waals surface area contributed by atoms with E-state index in [2.05, 4.69) is 4.74 Å². The number of carbonyl (C=O) groups is 2. The van der Waals surface area contributed by atoms with Crippen LogP contribution in [0.5, 0.6) is 0 Å². The summed E-state index contributed by atoms with van der Waals surface area (Å²) < 4.78 is 15.4. The Kier molecular flexibility index (Phi) is 3.62. The SMILES string of the molecule is COC(=O)C1CN(C(=O)c2coc3ccccc23)CCO1. The maximum atomic E-state index is 12.6. The first-order valence-corrected chi connectivity index (χ1v) is 6.65. The van der Waals surface area contributed by atoms with Crippen LogP contribution in [0.2, 0.25) is 0 Å². The smallest absolute Gasteiger partial charge is 0.336 e. The number of para-hydroxylation sites is 1. The van der Waals surface area contributed by atoms with E-state index in [9.17, 15) is 9.59 Å². The van der Waals surface area contributed by atoms with Gasteiger partial charge in [-0.15, -0.1) is 0 Å². The summed E-state index contributed by atoms with van der Waals surface area (Å²) in [6.45, 7) is 0.929. The highest BCUT2D eigenvalue weighted by Crippen LogP contribution is 2.23. The first kappa shape index (κ1) is 13.6. The van der Waals surface area contributed by atoms with Crippen LogP contribution < -0.4 is 0 Å². The van der Waals surface area contributed by atoms with Gasteiger partial charge >= 0.3 is 5.97 Å². The molecule has 0 bridgehead atoms. The monoisotopic (exact) mass is 289 g/mol. The van der Waals surface area contributed by atoms with Crippen LogP contribution in [0.15, 0.2) is 34.9 Å². The van der Waals surface area contributed by atoms with E-state index < -0.39 is 12.1 Å². The number of nitrogens with zero attached hydrogens (tertiary/aromatic N) is 1. The van der Waals surface area contributed by atoms with Crippen LogP contribution in [0.4, 0.5) is 0 Å². The number of rotatable bonds is 2. The summed E-state index contributed by atoms with van der Waals surface area (Å²) in [5.74, 6) is -0.637. The molecule has 21 heavy (non-hydrogen) atoms. The summed E-state index contributed by atoms with van der Waals surface area (Å²) in [7, 11) is 1.30. The van der Waals surface area contributed by atoms with Gasteiger partial charge in [-0.3, -0.25) is 4.79 Å². The molecule has 0 spiro atoms. The van der Waals surface area contributed by atoms with Gasteiger partial charge in [-0.25, -0.2) is 4.79 Å². The second-order valence-electron chi connectivity index (χ2n) is 4.78. The van der Waals surface area contributed by atoms with Gasteiger partial charge in [0.2, 0.25) is 0 Å². The van der Waals surface area contributed by atoms with E-state index >= 15 is 0 Å². The molecule has 1 atom stereocenters. The number of ether oxygens (including phenoxy) is 2. The standard InChI is InChI=1S/C15H15NO5/c1-19-15(18)13-8-16(6-7-20-13)14(17)11-9-21-12-5-3-2-4-10(11)12/h2-5,9,13H,6-8H2,1H3. The molecule has 110 valence electrons. The molecule has 1 aliphatic rings. The Bertz CT molecular complexity index is 678. The normalized spacial score (nSPS) is 18.7. The largest absolute Gasteiger partial charge is 0.467 e. The molecule has 1 amide bonds. The van der Waals surface area contributed by atoms with Crippen molar-refractivity contribution in [3.63, 3.8) is 0 Å². The van der Waals surface area contributed by atoms with Gasteiger partial charge in [0, 0.05) is 11.9 Å². The van der Waals surface area contributed by atoms with E-state index in [1.165, 1.54) is 13.4 Å². The summed E-state index contributed by atoms with van der Waals surface area (Å²) in [4.78, 5) is 25.7. The number of amides is 1.